The maximum absolute atomic E-state index is 12.9. The highest BCUT2D eigenvalue weighted by Crippen LogP contribution is 2.29. The van der Waals surface area contributed by atoms with E-state index in [9.17, 15) is 14.4 Å². The van der Waals surface area contributed by atoms with E-state index in [-0.39, 0.29) is 23.6 Å². The second kappa shape index (κ2) is 9.30. The van der Waals surface area contributed by atoms with Gasteiger partial charge in [-0.25, -0.2) is 0 Å². The van der Waals surface area contributed by atoms with Gasteiger partial charge in [0, 0.05) is 0 Å². The van der Waals surface area contributed by atoms with Crippen molar-refractivity contribution in [1.29, 1.82) is 0 Å². The summed E-state index contributed by atoms with van der Waals surface area (Å²) in [5.74, 6) is -0.733. The first-order valence-corrected chi connectivity index (χ1v) is 9.67. The molecule has 0 saturated carbocycles. The number of hydrogen-bond acceptors (Lipinski definition) is 5. The molecule has 0 unspecified atom stereocenters. The Labute approximate surface area is 166 Å². The monoisotopic (exact) mass is 389 g/mol. The average molecular weight is 389 g/mol. The zero-order valence-electron chi connectivity index (χ0n) is 17.3. The van der Waals surface area contributed by atoms with Gasteiger partial charge in [0.1, 0.15) is 11.6 Å². The van der Waals surface area contributed by atoms with Gasteiger partial charge in [-0.2, -0.15) is 0 Å². The van der Waals surface area contributed by atoms with Crippen molar-refractivity contribution in [3.8, 4) is 0 Å². The summed E-state index contributed by atoms with van der Waals surface area (Å²) in [6.07, 6.45) is 0.806. The molecule has 1 saturated heterocycles. The third-order valence-corrected chi connectivity index (χ3v) is 5.21. The lowest BCUT2D eigenvalue weighted by Crippen LogP contribution is -2.55. The average Bonchev–Trinajstić information content (AvgIpc) is 3.43. The summed E-state index contributed by atoms with van der Waals surface area (Å²) in [7, 11) is 3.60. The summed E-state index contributed by atoms with van der Waals surface area (Å²) < 4.78 is 5.29. The first-order chi connectivity index (χ1) is 13.2. The van der Waals surface area contributed by atoms with Crippen molar-refractivity contribution in [2.24, 2.45) is 0 Å². The number of epoxide rings is 1. The van der Waals surface area contributed by atoms with Crippen molar-refractivity contribution >= 4 is 17.6 Å². The number of carbonyl (C=O) groups excluding carboxylic acids is 3. The van der Waals surface area contributed by atoms with E-state index < -0.39 is 17.7 Å². The number of ketones is 1. The van der Waals surface area contributed by atoms with E-state index in [1.807, 2.05) is 37.3 Å². The molecule has 7 heteroatoms. The fraction of sp³-hybridized carbons (Fsp3) is 0.571. The molecule has 28 heavy (non-hydrogen) atoms. The van der Waals surface area contributed by atoms with E-state index in [0.29, 0.717) is 19.4 Å². The van der Waals surface area contributed by atoms with Crippen LogP contribution in [0.5, 0.6) is 0 Å². The molecule has 1 aliphatic rings. The van der Waals surface area contributed by atoms with Crippen molar-refractivity contribution in [3.05, 3.63) is 35.9 Å². The molecule has 1 aliphatic heterocycles. The Kier molecular flexibility index (Phi) is 7.32. The van der Waals surface area contributed by atoms with Crippen LogP contribution in [0.25, 0.3) is 0 Å². The highest BCUT2D eigenvalue weighted by atomic mass is 16.6. The van der Waals surface area contributed by atoms with E-state index in [1.54, 1.807) is 32.8 Å². The van der Waals surface area contributed by atoms with Crippen molar-refractivity contribution in [1.82, 2.24) is 15.5 Å². The third-order valence-electron chi connectivity index (χ3n) is 5.21. The Morgan fingerprint density at radius 1 is 1.11 bits per heavy atom. The molecule has 2 N–H and O–H groups in total. The van der Waals surface area contributed by atoms with Gasteiger partial charge >= 0.3 is 0 Å². The van der Waals surface area contributed by atoms with Gasteiger partial charge in [-0.05, 0) is 46.3 Å². The standard InChI is InChI=1S/C21H31N3O4/c1-6-16(22-19(26)14(2)24(4)5)20(27)23-17(18(25)21(3)13-28-21)12-15-10-8-7-9-11-15/h7-11,14,16-17H,6,12-13H2,1-5H3,(H,22,26)(H,23,27)/t14-,16-,17-,21+/m0/s1. The lowest BCUT2D eigenvalue weighted by Gasteiger charge is -2.25. The number of amides is 2. The van der Waals surface area contributed by atoms with E-state index in [0.717, 1.165) is 5.56 Å². The van der Waals surface area contributed by atoms with Crippen molar-refractivity contribution in [2.45, 2.75) is 57.3 Å². The smallest absolute Gasteiger partial charge is 0.243 e. The second-order valence-corrected chi connectivity index (χ2v) is 7.74. The largest absolute Gasteiger partial charge is 0.361 e. The molecule has 2 rings (SSSR count). The highest BCUT2D eigenvalue weighted by Gasteiger charge is 2.50. The molecular weight excluding hydrogens is 358 g/mol. The summed E-state index contributed by atoms with van der Waals surface area (Å²) in [6, 6.07) is 7.76. The summed E-state index contributed by atoms with van der Waals surface area (Å²) >= 11 is 0. The molecule has 0 aliphatic carbocycles. The van der Waals surface area contributed by atoms with Gasteiger partial charge in [-0.3, -0.25) is 19.3 Å². The molecule has 1 heterocycles. The number of Topliss-reactive ketones (excluding diaryl/α,β-unsaturated/α-hetero) is 1. The highest BCUT2D eigenvalue weighted by molar-refractivity contribution is 5.98. The first kappa shape index (κ1) is 22.0. The molecule has 154 valence electrons. The predicted molar refractivity (Wildman–Crippen MR) is 107 cm³/mol. The number of carbonyl (C=O) groups is 3. The number of ether oxygens (including phenoxy) is 1. The van der Waals surface area contributed by atoms with Gasteiger partial charge in [0.2, 0.25) is 11.8 Å². The minimum absolute atomic E-state index is 0.146. The van der Waals surface area contributed by atoms with Crippen LogP contribution in [0.4, 0.5) is 0 Å². The second-order valence-electron chi connectivity index (χ2n) is 7.74. The van der Waals surface area contributed by atoms with E-state index in [2.05, 4.69) is 10.6 Å². The number of rotatable bonds is 10. The molecule has 0 spiro atoms. The van der Waals surface area contributed by atoms with Crippen molar-refractivity contribution in [2.75, 3.05) is 20.7 Å². The Morgan fingerprint density at radius 2 is 1.68 bits per heavy atom. The third kappa shape index (κ3) is 5.62. The summed E-state index contributed by atoms with van der Waals surface area (Å²) in [6.45, 7) is 5.69. The van der Waals surface area contributed by atoms with E-state index >= 15 is 0 Å². The van der Waals surface area contributed by atoms with Crippen LogP contribution in [0.2, 0.25) is 0 Å². The molecule has 2 amide bonds. The summed E-state index contributed by atoms with van der Waals surface area (Å²) in [5, 5.41) is 5.61. The predicted octanol–water partition coefficient (Wildman–Crippen LogP) is 0.917. The van der Waals surface area contributed by atoms with Gasteiger partial charge in [-0.1, -0.05) is 37.3 Å². The Morgan fingerprint density at radius 3 is 2.18 bits per heavy atom. The fourth-order valence-electron chi connectivity index (χ4n) is 2.83. The van der Waals surface area contributed by atoms with Crippen molar-refractivity contribution < 1.29 is 19.1 Å². The Bertz CT molecular complexity index is 701. The lowest BCUT2D eigenvalue weighted by atomic mass is 9.94. The molecule has 1 aromatic rings. The number of benzene rings is 1. The van der Waals surface area contributed by atoms with Crippen molar-refractivity contribution in [3.63, 3.8) is 0 Å². The van der Waals surface area contributed by atoms with Gasteiger partial charge < -0.3 is 15.4 Å². The molecule has 7 nitrogen and oxygen atoms in total. The van der Waals surface area contributed by atoms with Crippen LogP contribution in [0.1, 0.15) is 32.8 Å². The minimum atomic E-state index is -0.836. The zero-order chi connectivity index (χ0) is 20.9. The maximum atomic E-state index is 12.9. The molecule has 4 atom stereocenters. The van der Waals surface area contributed by atoms with Crippen LogP contribution in [0.3, 0.4) is 0 Å². The maximum Gasteiger partial charge on any atom is 0.243 e. The minimum Gasteiger partial charge on any atom is -0.361 e. The normalized spacial score (nSPS) is 21.5. The van der Waals surface area contributed by atoms with Crippen LogP contribution in [0, 0.1) is 0 Å². The molecule has 0 radical (unpaired) electrons. The van der Waals surface area contributed by atoms with Crippen LogP contribution < -0.4 is 10.6 Å². The summed E-state index contributed by atoms with van der Waals surface area (Å²) in [5.41, 5.74) is 0.112. The van der Waals surface area contributed by atoms with Gasteiger partial charge in [-0.15, -0.1) is 0 Å². The topological polar surface area (TPSA) is 91.0 Å². The number of likely N-dealkylation sites (N-methyl/N-ethyl adjacent to an activating group) is 1. The SMILES string of the molecule is CC[C@H](NC(=O)[C@H](C)N(C)C)C(=O)N[C@@H](Cc1ccccc1)C(=O)[C@@]1(C)CO1. The number of hydrogen-bond donors (Lipinski definition) is 2. The Hall–Kier alpha value is -2.25. The van der Waals surface area contributed by atoms with Crippen LogP contribution in [-0.2, 0) is 25.5 Å². The molecular formula is C21H31N3O4. The van der Waals surface area contributed by atoms with Crippen LogP contribution >= 0.6 is 0 Å². The molecule has 0 bridgehead atoms. The number of nitrogens with zero attached hydrogens (tertiary/aromatic N) is 1. The lowest BCUT2D eigenvalue weighted by molar-refractivity contribution is -0.133. The Balaban J connectivity index is 2.09. The summed E-state index contributed by atoms with van der Waals surface area (Å²) in [4.78, 5) is 39.8. The molecule has 1 aromatic carbocycles. The first-order valence-electron chi connectivity index (χ1n) is 9.67. The van der Waals surface area contributed by atoms with E-state index in [4.69, 9.17) is 4.74 Å². The van der Waals surface area contributed by atoms with Crippen LogP contribution in [-0.4, -0.2) is 66.9 Å². The van der Waals surface area contributed by atoms with Crippen LogP contribution in [0.15, 0.2) is 30.3 Å². The van der Waals surface area contributed by atoms with Gasteiger partial charge in [0.25, 0.3) is 0 Å². The number of nitrogens with one attached hydrogen (secondary N) is 2. The fourth-order valence-corrected chi connectivity index (χ4v) is 2.83. The van der Waals surface area contributed by atoms with Gasteiger partial charge in [0.15, 0.2) is 5.78 Å². The molecule has 1 fully saturated rings. The quantitative estimate of drug-likeness (QED) is 0.581. The van der Waals surface area contributed by atoms with E-state index in [1.165, 1.54) is 0 Å². The van der Waals surface area contributed by atoms with Gasteiger partial charge in [0.05, 0.1) is 18.7 Å². The zero-order valence-corrected chi connectivity index (χ0v) is 17.3. The molecule has 0 aromatic heterocycles.